The molecule has 0 bridgehead atoms. The minimum atomic E-state index is -4.39. The van der Waals surface area contributed by atoms with Crippen molar-refractivity contribution < 1.29 is 13.2 Å². The second-order valence-corrected chi connectivity index (χ2v) is 5.17. The fourth-order valence-electron chi connectivity index (χ4n) is 1.57. The molecule has 3 N–H and O–H groups in total. The van der Waals surface area contributed by atoms with Crippen LogP contribution in [0, 0.1) is 5.92 Å². The molecule has 0 spiro atoms. The van der Waals surface area contributed by atoms with Gasteiger partial charge < -0.3 is 11.1 Å². The fourth-order valence-corrected chi connectivity index (χ4v) is 1.74. The average Bonchev–Trinajstić information content (AvgIpc) is 2.27. The lowest BCUT2D eigenvalue weighted by Crippen LogP contribution is -2.16. The molecule has 1 aromatic carbocycles. The minimum absolute atomic E-state index is 0.0434. The molecule has 0 radical (unpaired) electrons. The van der Waals surface area contributed by atoms with E-state index in [2.05, 4.69) is 19.2 Å². The van der Waals surface area contributed by atoms with Crippen molar-refractivity contribution in [1.82, 2.24) is 0 Å². The van der Waals surface area contributed by atoms with Gasteiger partial charge >= 0.3 is 6.18 Å². The third-order valence-corrected chi connectivity index (χ3v) is 2.87. The van der Waals surface area contributed by atoms with Crippen molar-refractivity contribution in [2.24, 2.45) is 11.7 Å². The van der Waals surface area contributed by atoms with Crippen molar-refractivity contribution in [3.05, 3.63) is 29.3 Å². The molecule has 19 heavy (non-hydrogen) atoms. The van der Waals surface area contributed by atoms with Crippen molar-refractivity contribution in [1.29, 1.82) is 0 Å². The summed E-state index contributed by atoms with van der Waals surface area (Å²) in [5.41, 5.74) is 5.51. The van der Waals surface area contributed by atoms with E-state index < -0.39 is 11.7 Å². The summed E-state index contributed by atoms with van der Waals surface area (Å²) in [6.07, 6.45) is -3.48. The van der Waals surface area contributed by atoms with Crippen LogP contribution in [0.4, 0.5) is 18.9 Å². The van der Waals surface area contributed by atoms with E-state index in [0.29, 0.717) is 18.2 Å². The number of anilines is 1. The molecule has 1 aromatic rings. The molecule has 0 fully saturated rings. The topological polar surface area (TPSA) is 38.0 Å². The maximum atomic E-state index is 12.6. The molecule has 0 aliphatic carbocycles. The molecule has 0 saturated heterocycles. The second-order valence-electron chi connectivity index (χ2n) is 4.73. The molecule has 0 saturated carbocycles. The van der Waals surface area contributed by atoms with Gasteiger partial charge in [-0.3, -0.25) is 0 Å². The number of nitrogens with two attached hydrogens (primary N) is 1. The van der Waals surface area contributed by atoms with E-state index in [9.17, 15) is 13.2 Å². The third kappa shape index (κ3) is 4.70. The van der Waals surface area contributed by atoms with Crippen molar-refractivity contribution in [3.63, 3.8) is 0 Å². The summed E-state index contributed by atoms with van der Waals surface area (Å²) in [4.78, 5) is -0.0434. The van der Waals surface area contributed by atoms with E-state index in [1.165, 1.54) is 6.07 Å². The number of rotatable bonds is 5. The molecule has 1 rings (SSSR count). The standard InChI is InChI=1S/C13H17F3N2S/c1-8(2)5-6-18-11-4-3-9(13(14,15)16)7-10(11)12(17)19/h3-4,7-8,18H,5-6H2,1-2H3,(H2,17,19). The van der Waals surface area contributed by atoms with Crippen LogP contribution in [-0.4, -0.2) is 11.5 Å². The first-order valence-electron chi connectivity index (χ1n) is 5.96. The Balaban J connectivity index is 2.96. The van der Waals surface area contributed by atoms with Crippen LogP contribution in [0.3, 0.4) is 0 Å². The van der Waals surface area contributed by atoms with Crippen LogP contribution in [0.15, 0.2) is 18.2 Å². The lowest BCUT2D eigenvalue weighted by atomic mass is 10.1. The van der Waals surface area contributed by atoms with Gasteiger partial charge in [-0.05, 0) is 30.5 Å². The number of nitrogens with one attached hydrogen (secondary N) is 1. The monoisotopic (exact) mass is 290 g/mol. The van der Waals surface area contributed by atoms with Gasteiger partial charge in [0.2, 0.25) is 0 Å². The summed E-state index contributed by atoms with van der Waals surface area (Å²) < 4.78 is 37.8. The quantitative estimate of drug-likeness (QED) is 0.810. The van der Waals surface area contributed by atoms with E-state index in [1.54, 1.807) is 0 Å². The average molecular weight is 290 g/mol. The van der Waals surface area contributed by atoms with Gasteiger partial charge in [-0.25, -0.2) is 0 Å². The van der Waals surface area contributed by atoms with Gasteiger partial charge in [0.1, 0.15) is 4.99 Å². The van der Waals surface area contributed by atoms with Crippen molar-refractivity contribution in [3.8, 4) is 0 Å². The summed E-state index contributed by atoms with van der Waals surface area (Å²) in [6, 6.07) is 3.39. The number of benzene rings is 1. The van der Waals surface area contributed by atoms with Gasteiger partial charge in [0, 0.05) is 17.8 Å². The highest BCUT2D eigenvalue weighted by Crippen LogP contribution is 2.31. The van der Waals surface area contributed by atoms with Crippen LogP contribution >= 0.6 is 12.2 Å². The van der Waals surface area contributed by atoms with Crippen LogP contribution in [-0.2, 0) is 6.18 Å². The molecule has 2 nitrogen and oxygen atoms in total. The molecule has 0 amide bonds. The van der Waals surface area contributed by atoms with Crippen molar-refractivity contribution in [2.75, 3.05) is 11.9 Å². The number of hydrogen-bond donors (Lipinski definition) is 2. The maximum absolute atomic E-state index is 12.6. The minimum Gasteiger partial charge on any atom is -0.389 e. The van der Waals surface area contributed by atoms with Crippen LogP contribution in [0.2, 0.25) is 0 Å². The summed E-state index contributed by atoms with van der Waals surface area (Å²) in [7, 11) is 0. The highest BCUT2D eigenvalue weighted by atomic mass is 32.1. The first-order valence-corrected chi connectivity index (χ1v) is 6.37. The molecule has 0 aliphatic heterocycles. The second kappa shape index (κ2) is 6.23. The van der Waals surface area contributed by atoms with E-state index in [0.717, 1.165) is 18.6 Å². The Labute approximate surface area is 116 Å². The fraction of sp³-hybridized carbons (Fsp3) is 0.462. The van der Waals surface area contributed by atoms with Crippen LogP contribution in [0.25, 0.3) is 0 Å². The Kier molecular flexibility index (Phi) is 5.17. The first-order chi connectivity index (χ1) is 8.71. The maximum Gasteiger partial charge on any atom is 0.416 e. The summed E-state index contributed by atoms with van der Waals surface area (Å²) in [5, 5.41) is 3.07. The van der Waals surface area contributed by atoms with E-state index in [-0.39, 0.29) is 10.6 Å². The normalized spacial score (nSPS) is 11.7. The van der Waals surface area contributed by atoms with Gasteiger partial charge in [0.15, 0.2) is 0 Å². The van der Waals surface area contributed by atoms with Gasteiger partial charge in [-0.1, -0.05) is 26.1 Å². The molecule has 0 atom stereocenters. The van der Waals surface area contributed by atoms with Gasteiger partial charge in [0.05, 0.1) is 5.56 Å². The largest absolute Gasteiger partial charge is 0.416 e. The van der Waals surface area contributed by atoms with Crippen molar-refractivity contribution >= 4 is 22.9 Å². The Morgan fingerprint density at radius 3 is 2.47 bits per heavy atom. The molecule has 106 valence electrons. The van der Waals surface area contributed by atoms with Crippen LogP contribution in [0.5, 0.6) is 0 Å². The van der Waals surface area contributed by atoms with Gasteiger partial charge in [-0.2, -0.15) is 13.2 Å². The molecule has 0 heterocycles. The number of halogens is 3. The summed E-state index contributed by atoms with van der Waals surface area (Å²) in [5.74, 6) is 0.509. The molecule has 6 heteroatoms. The Morgan fingerprint density at radius 1 is 1.37 bits per heavy atom. The number of thiocarbonyl (C=S) groups is 1. The highest BCUT2D eigenvalue weighted by molar-refractivity contribution is 7.80. The predicted octanol–water partition coefficient (Wildman–Crippen LogP) is 3.80. The van der Waals surface area contributed by atoms with E-state index in [1.807, 2.05) is 0 Å². The molecule has 0 unspecified atom stereocenters. The first kappa shape index (κ1) is 15.8. The summed E-state index contributed by atoms with van der Waals surface area (Å²) in [6.45, 7) is 4.81. The zero-order chi connectivity index (χ0) is 14.6. The number of alkyl halides is 3. The SMILES string of the molecule is CC(C)CCNc1ccc(C(F)(F)F)cc1C(N)=S. The predicted molar refractivity (Wildman–Crippen MR) is 75.3 cm³/mol. The lowest BCUT2D eigenvalue weighted by molar-refractivity contribution is -0.137. The van der Waals surface area contributed by atoms with Crippen LogP contribution < -0.4 is 11.1 Å². The smallest absolute Gasteiger partial charge is 0.389 e. The van der Waals surface area contributed by atoms with Crippen LogP contribution in [0.1, 0.15) is 31.4 Å². The van der Waals surface area contributed by atoms with Gasteiger partial charge in [0.25, 0.3) is 0 Å². The lowest BCUT2D eigenvalue weighted by Gasteiger charge is -2.15. The zero-order valence-electron chi connectivity index (χ0n) is 10.8. The highest BCUT2D eigenvalue weighted by Gasteiger charge is 2.31. The van der Waals surface area contributed by atoms with E-state index >= 15 is 0 Å². The van der Waals surface area contributed by atoms with Gasteiger partial charge in [-0.15, -0.1) is 0 Å². The summed E-state index contributed by atoms with van der Waals surface area (Å²) >= 11 is 4.80. The third-order valence-electron chi connectivity index (χ3n) is 2.65. The molecule has 0 aliphatic rings. The van der Waals surface area contributed by atoms with E-state index in [4.69, 9.17) is 18.0 Å². The zero-order valence-corrected chi connectivity index (χ0v) is 11.7. The number of hydrogen-bond acceptors (Lipinski definition) is 2. The Hall–Kier alpha value is -1.30. The Bertz CT molecular complexity index is 456. The molecular formula is C13H17F3N2S. The van der Waals surface area contributed by atoms with Crippen molar-refractivity contribution in [2.45, 2.75) is 26.4 Å². The Morgan fingerprint density at radius 2 is 2.00 bits per heavy atom. The molecular weight excluding hydrogens is 273 g/mol. The molecule has 0 aromatic heterocycles.